The highest BCUT2D eigenvalue weighted by atomic mass is 79.9. The maximum atomic E-state index is 10.8. The number of rotatable bonds is 6. The van der Waals surface area contributed by atoms with E-state index in [1.807, 2.05) is 0 Å². The molecule has 0 spiro atoms. The number of halogens is 1. The monoisotopic (exact) mass is 333 g/mol. The highest BCUT2D eigenvalue weighted by Gasteiger charge is 2.17. The molecule has 5 nitrogen and oxygen atoms in total. The van der Waals surface area contributed by atoms with Gasteiger partial charge in [-0.25, -0.2) is 4.98 Å². The summed E-state index contributed by atoms with van der Waals surface area (Å²) in [6.45, 7) is 4.65. The molecule has 0 radical (unpaired) electrons. The first kappa shape index (κ1) is 15.2. The first-order valence-corrected chi connectivity index (χ1v) is 7.68. The van der Waals surface area contributed by atoms with Crippen molar-refractivity contribution in [2.45, 2.75) is 13.8 Å². The number of anilines is 1. The summed E-state index contributed by atoms with van der Waals surface area (Å²) in [5.74, 6) is 2.24. The molecule has 100 valence electrons. The summed E-state index contributed by atoms with van der Waals surface area (Å²) in [4.78, 5) is 14.4. The Balaban J connectivity index is 2.79. The maximum Gasteiger partial charge on any atom is 0.291 e. The van der Waals surface area contributed by atoms with Gasteiger partial charge in [0.05, 0.1) is 9.40 Å². The van der Waals surface area contributed by atoms with Crippen molar-refractivity contribution in [3.05, 3.63) is 26.3 Å². The standard InChI is InChI=1S/C11H16BrN3O2S/c1-7(6-18-3)4-13-11-10(12)8(2)9(5-14-11)15(16)17/h5,7H,4,6H2,1-3H3,(H,13,14). The Morgan fingerprint density at radius 3 is 2.89 bits per heavy atom. The molecule has 0 fully saturated rings. The topological polar surface area (TPSA) is 68.1 Å². The Hall–Kier alpha value is -0.820. The molecule has 0 aliphatic heterocycles. The Labute approximate surface area is 119 Å². The lowest BCUT2D eigenvalue weighted by Gasteiger charge is -2.13. The third kappa shape index (κ3) is 3.84. The Morgan fingerprint density at radius 2 is 2.33 bits per heavy atom. The van der Waals surface area contributed by atoms with E-state index in [2.05, 4.69) is 39.4 Å². The number of hydrogen-bond acceptors (Lipinski definition) is 5. The Bertz CT molecular complexity index is 443. The van der Waals surface area contributed by atoms with E-state index in [9.17, 15) is 10.1 Å². The largest absolute Gasteiger partial charge is 0.369 e. The van der Waals surface area contributed by atoms with E-state index < -0.39 is 4.92 Å². The van der Waals surface area contributed by atoms with Gasteiger partial charge in [0.2, 0.25) is 0 Å². The van der Waals surface area contributed by atoms with E-state index in [1.54, 1.807) is 18.7 Å². The second kappa shape index (κ2) is 6.94. The fourth-order valence-corrected chi connectivity index (χ4v) is 2.62. The number of nitrogens with one attached hydrogen (secondary N) is 1. The molecule has 18 heavy (non-hydrogen) atoms. The molecule has 0 amide bonds. The molecule has 1 N–H and O–H groups in total. The molecule has 1 aromatic heterocycles. The van der Waals surface area contributed by atoms with Crippen LogP contribution in [0.4, 0.5) is 11.5 Å². The van der Waals surface area contributed by atoms with Gasteiger partial charge in [-0.2, -0.15) is 11.8 Å². The summed E-state index contributed by atoms with van der Waals surface area (Å²) in [5.41, 5.74) is 0.625. The minimum Gasteiger partial charge on any atom is -0.369 e. The van der Waals surface area contributed by atoms with E-state index in [1.165, 1.54) is 6.20 Å². The molecule has 1 aromatic rings. The number of thioether (sulfide) groups is 1. The number of nitro groups is 1. The van der Waals surface area contributed by atoms with Crippen LogP contribution in [-0.4, -0.2) is 28.5 Å². The minimum absolute atomic E-state index is 0.0320. The molecule has 0 saturated heterocycles. The smallest absolute Gasteiger partial charge is 0.291 e. The molecule has 1 atom stereocenters. The molecule has 0 saturated carbocycles. The molecule has 1 heterocycles. The molecule has 1 rings (SSSR count). The number of hydrogen-bond donors (Lipinski definition) is 1. The van der Waals surface area contributed by atoms with Crippen LogP contribution in [0.15, 0.2) is 10.7 Å². The molecular formula is C11H16BrN3O2S. The van der Waals surface area contributed by atoms with Gasteiger partial charge in [0.1, 0.15) is 12.0 Å². The molecule has 0 aromatic carbocycles. The van der Waals surface area contributed by atoms with Crippen LogP contribution in [-0.2, 0) is 0 Å². The van der Waals surface area contributed by atoms with Gasteiger partial charge < -0.3 is 5.32 Å². The SMILES string of the molecule is CSCC(C)CNc1ncc([N+](=O)[O-])c(C)c1Br. The van der Waals surface area contributed by atoms with E-state index in [4.69, 9.17) is 0 Å². The van der Waals surface area contributed by atoms with Crippen molar-refractivity contribution < 1.29 is 4.92 Å². The third-order valence-corrected chi connectivity index (χ3v) is 4.38. The average molecular weight is 334 g/mol. The van der Waals surface area contributed by atoms with Crippen LogP contribution in [0.5, 0.6) is 0 Å². The lowest BCUT2D eigenvalue weighted by molar-refractivity contribution is -0.385. The van der Waals surface area contributed by atoms with E-state index in [0.29, 0.717) is 21.8 Å². The summed E-state index contributed by atoms with van der Waals surface area (Å²) in [5, 5.41) is 14.0. The number of nitrogens with zero attached hydrogens (tertiary/aromatic N) is 2. The summed E-state index contributed by atoms with van der Waals surface area (Å²) in [6, 6.07) is 0. The zero-order valence-electron chi connectivity index (χ0n) is 10.6. The molecule has 0 aliphatic rings. The van der Waals surface area contributed by atoms with Gasteiger partial charge in [-0.1, -0.05) is 6.92 Å². The predicted octanol–water partition coefficient (Wildman–Crippen LogP) is 3.47. The summed E-state index contributed by atoms with van der Waals surface area (Å²) in [7, 11) is 0. The van der Waals surface area contributed by atoms with Gasteiger partial charge in [0.15, 0.2) is 0 Å². The highest BCUT2D eigenvalue weighted by Crippen LogP contribution is 2.30. The third-order valence-electron chi connectivity index (χ3n) is 2.50. The number of pyridine rings is 1. The summed E-state index contributed by atoms with van der Waals surface area (Å²) >= 11 is 5.15. The van der Waals surface area contributed by atoms with Gasteiger partial charge in [0.25, 0.3) is 5.69 Å². The van der Waals surface area contributed by atoms with Crippen molar-refractivity contribution in [1.29, 1.82) is 0 Å². The Kier molecular flexibility index (Phi) is 5.87. The summed E-state index contributed by atoms with van der Waals surface area (Å²) < 4.78 is 0.660. The van der Waals surface area contributed by atoms with Crippen molar-refractivity contribution in [2.75, 3.05) is 23.9 Å². The van der Waals surface area contributed by atoms with Crippen LogP contribution < -0.4 is 5.32 Å². The van der Waals surface area contributed by atoms with Crippen molar-refractivity contribution in [3.8, 4) is 0 Å². The first-order chi connectivity index (χ1) is 8.47. The molecule has 1 unspecified atom stereocenters. The predicted molar refractivity (Wildman–Crippen MR) is 79.4 cm³/mol. The molecular weight excluding hydrogens is 318 g/mol. The second-order valence-corrected chi connectivity index (χ2v) is 5.83. The lowest BCUT2D eigenvalue weighted by Crippen LogP contribution is -2.14. The van der Waals surface area contributed by atoms with Crippen LogP contribution in [0, 0.1) is 23.0 Å². The maximum absolute atomic E-state index is 10.8. The van der Waals surface area contributed by atoms with Crippen LogP contribution >= 0.6 is 27.7 Å². The summed E-state index contributed by atoms with van der Waals surface area (Å²) in [6.07, 6.45) is 3.36. The fraction of sp³-hybridized carbons (Fsp3) is 0.545. The van der Waals surface area contributed by atoms with E-state index in [0.717, 1.165) is 12.3 Å². The van der Waals surface area contributed by atoms with Crippen LogP contribution in [0.1, 0.15) is 12.5 Å². The van der Waals surface area contributed by atoms with Crippen LogP contribution in [0.2, 0.25) is 0 Å². The van der Waals surface area contributed by atoms with Crippen molar-refractivity contribution >= 4 is 39.2 Å². The fourth-order valence-electron chi connectivity index (χ4n) is 1.49. The number of aromatic nitrogens is 1. The molecule has 7 heteroatoms. The Morgan fingerprint density at radius 1 is 1.67 bits per heavy atom. The van der Waals surface area contributed by atoms with E-state index in [-0.39, 0.29) is 5.69 Å². The average Bonchev–Trinajstić information content (AvgIpc) is 2.31. The van der Waals surface area contributed by atoms with Gasteiger partial charge in [-0.05, 0) is 40.8 Å². The van der Waals surface area contributed by atoms with Gasteiger partial charge >= 0.3 is 0 Å². The second-order valence-electron chi connectivity index (χ2n) is 4.13. The molecule has 0 aliphatic carbocycles. The lowest BCUT2D eigenvalue weighted by atomic mass is 10.2. The van der Waals surface area contributed by atoms with Gasteiger partial charge in [0, 0.05) is 12.1 Å². The zero-order chi connectivity index (χ0) is 13.7. The highest BCUT2D eigenvalue weighted by molar-refractivity contribution is 9.10. The normalized spacial score (nSPS) is 12.2. The molecule has 0 bridgehead atoms. The zero-order valence-corrected chi connectivity index (χ0v) is 13.0. The van der Waals surface area contributed by atoms with Gasteiger partial charge in [-0.15, -0.1) is 0 Å². The van der Waals surface area contributed by atoms with Crippen LogP contribution in [0.3, 0.4) is 0 Å². The van der Waals surface area contributed by atoms with Crippen molar-refractivity contribution in [3.63, 3.8) is 0 Å². The quantitative estimate of drug-likeness (QED) is 0.637. The van der Waals surface area contributed by atoms with Gasteiger partial charge in [-0.3, -0.25) is 10.1 Å². The van der Waals surface area contributed by atoms with Crippen LogP contribution in [0.25, 0.3) is 0 Å². The van der Waals surface area contributed by atoms with E-state index >= 15 is 0 Å². The van der Waals surface area contributed by atoms with Crippen molar-refractivity contribution in [2.24, 2.45) is 5.92 Å². The first-order valence-electron chi connectivity index (χ1n) is 5.49. The minimum atomic E-state index is -0.423. The van der Waals surface area contributed by atoms with Crippen molar-refractivity contribution in [1.82, 2.24) is 4.98 Å².